The molecule has 0 aliphatic carbocycles. The van der Waals surface area contributed by atoms with E-state index >= 15 is 0 Å². The molecule has 138 valence electrons. The Morgan fingerprint density at radius 1 is 1.15 bits per heavy atom. The van der Waals surface area contributed by atoms with E-state index in [1.807, 2.05) is 31.3 Å². The summed E-state index contributed by atoms with van der Waals surface area (Å²) in [6.45, 7) is 6.44. The molecular weight excluding hydrogens is 331 g/mol. The van der Waals surface area contributed by atoms with Gasteiger partial charge >= 0.3 is 0 Å². The molecule has 1 amide bonds. The third-order valence-corrected chi connectivity index (χ3v) is 4.86. The molecular formula is C20H25FN4O. The van der Waals surface area contributed by atoms with Crippen LogP contribution in [0.1, 0.15) is 18.2 Å². The summed E-state index contributed by atoms with van der Waals surface area (Å²) in [6.07, 6.45) is 1.81. The van der Waals surface area contributed by atoms with Crippen molar-refractivity contribution in [2.24, 2.45) is 0 Å². The molecule has 1 aromatic carbocycles. The van der Waals surface area contributed by atoms with Crippen LogP contribution in [0.25, 0.3) is 0 Å². The molecule has 1 fully saturated rings. The minimum Gasteiger partial charge on any atom is -0.351 e. The molecule has 1 aliphatic rings. The van der Waals surface area contributed by atoms with Crippen LogP contribution in [0, 0.1) is 5.82 Å². The lowest BCUT2D eigenvalue weighted by Crippen LogP contribution is -2.53. The maximum atomic E-state index is 13.6. The van der Waals surface area contributed by atoms with Crippen molar-refractivity contribution >= 4 is 5.91 Å². The van der Waals surface area contributed by atoms with E-state index < -0.39 is 0 Å². The predicted molar refractivity (Wildman–Crippen MR) is 98.8 cm³/mol. The molecule has 2 aromatic rings. The summed E-state index contributed by atoms with van der Waals surface area (Å²) in [4.78, 5) is 21.3. The van der Waals surface area contributed by atoms with Crippen LogP contribution in [-0.2, 0) is 17.9 Å². The number of amides is 1. The van der Waals surface area contributed by atoms with Gasteiger partial charge < -0.3 is 5.32 Å². The molecule has 1 saturated heterocycles. The van der Waals surface area contributed by atoms with Crippen molar-refractivity contribution in [2.75, 3.05) is 26.2 Å². The number of aromatic nitrogens is 1. The Kier molecular flexibility index (Phi) is 6.30. The van der Waals surface area contributed by atoms with Crippen molar-refractivity contribution in [1.82, 2.24) is 20.1 Å². The predicted octanol–water partition coefficient (Wildman–Crippen LogP) is 2.04. The van der Waals surface area contributed by atoms with Gasteiger partial charge in [-0.15, -0.1) is 0 Å². The molecule has 1 unspecified atom stereocenters. The van der Waals surface area contributed by atoms with Gasteiger partial charge in [0.2, 0.25) is 5.91 Å². The first-order valence-electron chi connectivity index (χ1n) is 9.01. The van der Waals surface area contributed by atoms with Crippen LogP contribution in [0.2, 0.25) is 0 Å². The van der Waals surface area contributed by atoms with Crippen molar-refractivity contribution in [3.8, 4) is 0 Å². The average molecular weight is 356 g/mol. The summed E-state index contributed by atoms with van der Waals surface area (Å²) in [6, 6.07) is 12.2. The van der Waals surface area contributed by atoms with E-state index in [1.54, 1.807) is 18.2 Å². The fourth-order valence-electron chi connectivity index (χ4n) is 3.17. The Morgan fingerprint density at radius 3 is 2.58 bits per heavy atom. The van der Waals surface area contributed by atoms with Crippen molar-refractivity contribution in [3.63, 3.8) is 0 Å². The number of rotatable bonds is 6. The molecule has 0 bridgehead atoms. The fourth-order valence-corrected chi connectivity index (χ4v) is 3.17. The van der Waals surface area contributed by atoms with Crippen molar-refractivity contribution < 1.29 is 9.18 Å². The van der Waals surface area contributed by atoms with Gasteiger partial charge in [0.15, 0.2) is 0 Å². The SMILES string of the molecule is CC(C(=O)NCc1ccccc1F)N1CCN(Cc2ccccn2)CC1. The van der Waals surface area contributed by atoms with E-state index in [-0.39, 0.29) is 24.3 Å². The van der Waals surface area contributed by atoms with Gasteiger partial charge in [-0.05, 0) is 25.1 Å². The van der Waals surface area contributed by atoms with E-state index in [0.29, 0.717) is 5.56 Å². The topological polar surface area (TPSA) is 48.5 Å². The second-order valence-electron chi connectivity index (χ2n) is 6.62. The lowest BCUT2D eigenvalue weighted by atomic mass is 10.2. The van der Waals surface area contributed by atoms with Crippen LogP contribution < -0.4 is 5.32 Å². The van der Waals surface area contributed by atoms with Gasteiger partial charge in [0, 0.05) is 51.0 Å². The molecule has 5 nitrogen and oxygen atoms in total. The normalized spacial score (nSPS) is 17.0. The maximum absolute atomic E-state index is 13.6. The highest BCUT2D eigenvalue weighted by atomic mass is 19.1. The largest absolute Gasteiger partial charge is 0.351 e. The number of nitrogens with zero attached hydrogens (tertiary/aromatic N) is 3. The standard InChI is InChI=1S/C20H25FN4O/c1-16(20(26)23-14-17-6-2-3-8-19(17)21)25-12-10-24(11-13-25)15-18-7-4-5-9-22-18/h2-9,16H,10-15H2,1H3,(H,23,26). The highest BCUT2D eigenvalue weighted by Crippen LogP contribution is 2.10. The van der Waals surface area contributed by atoms with Crippen LogP contribution in [0.5, 0.6) is 0 Å². The Morgan fingerprint density at radius 2 is 1.88 bits per heavy atom. The molecule has 1 N–H and O–H groups in total. The molecule has 0 saturated carbocycles. The van der Waals surface area contributed by atoms with Crippen molar-refractivity contribution in [3.05, 3.63) is 65.7 Å². The van der Waals surface area contributed by atoms with Gasteiger partial charge in [-0.3, -0.25) is 19.6 Å². The summed E-state index contributed by atoms with van der Waals surface area (Å²) in [5.41, 5.74) is 1.57. The number of piperazine rings is 1. The molecule has 0 radical (unpaired) electrons. The second-order valence-corrected chi connectivity index (χ2v) is 6.62. The van der Waals surface area contributed by atoms with E-state index in [0.717, 1.165) is 38.4 Å². The molecule has 1 aliphatic heterocycles. The van der Waals surface area contributed by atoms with Crippen LogP contribution in [-0.4, -0.2) is 52.9 Å². The Labute approximate surface area is 153 Å². The first-order valence-corrected chi connectivity index (χ1v) is 9.01. The lowest BCUT2D eigenvalue weighted by Gasteiger charge is -2.37. The number of hydrogen-bond acceptors (Lipinski definition) is 4. The van der Waals surface area contributed by atoms with E-state index in [2.05, 4.69) is 20.1 Å². The summed E-state index contributed by atoms with van der Waals surface area (Å²) < 4.78 is 13.6. The van der Waals surface area contributed by atoms with Gasteiger partial charge in [0.1, 0.15) is 5.82 Å². The monoisotopic (exact) mass is 356 g/mol. The smallest absolute Gasteiger partial charge is 0.237 e. The molecule has 6 heteroatoms. The Bertz CT molecular complexity index is 717. The molecule has 0 spiro atoms. The molecule has 26 heavy (non-hydrogen) atoms. The first kappa shape index (κ1) is 18.5. The minimum atomic E-state index is -0.288. The number of nitrogens with one attached hydrogen (secondary N) is 1. The first-order chi connectivity index (χ1) is 12.6. The number of benzene rings is 1. The number of carbonyl (C=O) groups excluding carboxylic acids is 1. The van der Waals surface area contributed by atoms with E-state index in [1.165, 1.54) is 6.07 Å². The van der Waals surface area contributed by atoms with Gasteiger partial charge in [-0.1, -0.05) is 24.3 Å². The summed E-state index contributed by atoms with van der Waals surface area (Å²) >= 11 is 0. The minimum absolute atomic E-state index is 0.0635. The quantitative estimate of drug-likeness (QED) is 0.861. The van der Waals surface area contributed by atoms with E-state index in [9.17, 15) is 9.18 Å². The van der Waals surface area contributed by atoms with Crippen LogP contribution in [0.15, 0.2) is 48.7 Å². The van der Waals surface area contributed by atoms with Gasteiger partial charge in [0.05, 0.1) is 11.7 Å². The number of hydrogen-bond donors (Lipinski definition) is 1. The highest BCUT2D eigenvalue weighted by molar-refractivity contribution is 5.81. The maximum Gasteiger partial charge on any atom is 0.237 e. The summed E-state index contributed by atoms with van der Waals surface area (Å²) in [5.74, 6) is -0.352. The van der Waals surface area contributed by atoms with Gasteiger partial charge in [0.25, 0.3) is 0 Å². The number of pyridine rings is 1. The Hall–Kier alpha value is -2.31. The highest BCUT2D eigenvalue weighted by Gasteiger charge is 2.25. The molecule has 1 atom stereocenters. The van der Waals surface area contributed by atoms with Crippen molar-refractivity contribution in [2.45, 2.75) is 26.1 Å². The fraction of sp³-hybridized carbons (Fsp3) is 0.400. The average Bonchev–Trinajstić information content (AvgIpc) is 2.68. The van der Waals surface area contributed by atoms with Crippen molar-refractivity contribution in [1.29, 1.82) is 0 Å². The zero-order chi connectivity index (χ0) is 18.4. The van der Waals surface area contributed by atoms with E-state index in [4.69, 9.17) is 0 Å². The van der Waals surface area contributed by atoms with Crippen LogP contribution in [0.3, 0.4) is 0 Å². The zero-order valence-corrected chi connectivity index (χ0v) is 15.1. The summed E-state index contributed by atoms with van der Waals surface area (Å²) in [7, 11) is 0. The number of carbonyl (C=O) groups is 1. The van der Waals surface area contributed by atoms with Gasteiger partial charge in [-0.25, -0.2) is 4.39 Å². The molecule has 1 aromatic heterocycles. The van der Waals surface area contributed by atoms with Crippen LogP contribution >= 0.6 is 0 Å². The van der Waals surface area contributed by atoms with Gasteiger partial charge in [-0.2, -0.15) is 0 Å². The number of halogens is 1. The summed E-state index contributed by atoms with van der Waals surface area (Å²) in [5, 5.41) is 2.84. The van der Waals surface area contributed by atoms with Crippen LogP contribution in [0.4, 0.5) is 4.39 Å². The Balaban J connectivity index is 1.44. The molecule has 2 heterocycles. The zero-order valence-electron chi connectivity index (χ0n) is 15.1. The molecule has 3 rings (SSSR count). The third kappa shape index (κ3) is 4.86. The third-order valence-electron chi connectivity index (χ3n) is 4.86. The lowest BCUT2D eigenvalue weighted by molar-refractivity contribution is -0.126. The second kappa shape index (κ2) is 8.87.